The maximum absolute atomic E-state index is 5.77. The van der Waals surface area contributed by atoms with Gasteiger partial charge >= 0.3 is 0 Å². The lowest BCUT2D eigenvalue weighted by atomic mass is 9.85. The van der Waals surface area contributed by atoms with Crippen molar-refractivity contribution in [3.63, 3.8) is 0 Å². The summed E-state index contributed by atoms with van der Waals surface area (Å²) in [6, 6.07) is 0. The van der Waals surface area contributed by atoms with Gasteiger partial charge in [-0.2, -0.15) is 11.8 Å². The molecule has 0 saturated heterocycles. The fourth-order valence-electron chi connectivity index (χ4n) is 2.41. The topological polar surface area (TPSA) is 9.23 Å². The first kappa shape index (κ1) is 20.9. The predicted molar refractivity (Wildman–Crippen MR) is 109 cm³/mol. The molecule has 0 radical (unpaired) electrons. The van der Waals surface area contributed by atoms with Gasteiger partial charge in [0.25, 0.3) is 0 Å². The van der Waals surface area contributed by atoms with E-state index in [9.17, 15) is 0 Å². The number of allylic oxidation sites excluding steroid dienone is 3. The largest absolute Gasteiger partial charge is 0.379 e. The number of rotatable bonds is 10. The van der Waals surface area contributed by atoms with E-state index in [4.69, 9.17) is 4.74 Å². The Hall–Kier alpha value is -0.120. The van der Waals surface area contributed by atoms with Crippen molar-refractivity contribution in [3.8, 4) is 0 Å². The lowest BCUT2D eigenvalue weighted by molar-refractivity contribution is 0.0781. The lowest BCUT2D eigenvalue weighted by Gasteiger charge is -2.23. The number of thioether (sulfide) groups is 2. The van der Waals surface area contributed by atoms with Gasteiger partial charge in [-0.1, -0.05) is 45.1 Å². The molecule has 0 fully saturated rings. The second-order valence-corrected chi connectivity index (χ2v) is 9.66. The second-order valence-electron chi connectivity index (χ2n) is 7.34. The number of hydrogen-bond donors (Lipinski definition) is 0. The van der Waals surface area contributed by atoms with E-state index in [0.717, 1.165) is 13.0 Å². The summed E-state index contributed by atoms with van der Waals surface area (Å²) in [5.41, 5.74) is 3.13. The van der Waals surface area contributed by atoms with Crippen LogP contribution in [0.5, 0.6) is 0 Å². The molecule has 1 heterocycles. The Balaban J connectivity index is 2.59. The molecular weight excluding hydrogens is 320 g/mol. The van der Waals surface area contributed by atoms with Crippen LogP contribution in [0.1, 0.15) is 53.9 Å². The summed E-state index contributed by atoms with van der Waals surface area (Å²) < 4.78 is 5.77. The smallest absolute Gasteiger partial charge is 0.0518 e. The van der Waals surface area contributed by atoms with Crippen molar-refractivity contribution in [2.24, 2.45) is 5.41 Å². The van der Waals surface area contributed by atoms with Crippen LogP contribution >= 0.6 is 23.5 Å². The van der Waals surface area contributed by atoms with Crippen molar-refractivity contribution in [1.82, 2.24) is 0 Å². The molecule has 1 nitrogen and oxygen atoms in total. The predicted octanol–water partition coefficient (Wildman–Crippen LogP) is 6.47. The SMILES string of the molecule is C=C/C(=C\C(CCOC(C)C)SCCC1=CSCC1)C(C)(C)C. The van der Waals surface area contributed by atoms with Crippen molar-refractivity contribution in [2.75, 3.05) is 18.1 Å². The highest BCUT2D eigenvalue weighted by molar-refractivity contribution is 8.02. The van der Waals surface area contributed by atoms with Gasteiger partial charge in [-0.15, -0.1) is 11.8 Å². The quantitative estimate of drug-likeness (QED) is 0.416. The molecule has 1 aliphatic rings. The molecule has 0 aliphatic carbocycles. The van der Waals surface area contributed by atoms with Crippen LogP contribution < -0.4 is 0 Å². The highest BCUT2D eigenvalue weighted by atomic mass is 32.2. The zero-order chi connectivity index (χ0) is 17.3. The first-order valence-corrected chi connectivity index (χ1v) is 10.8. The lowest BCUT2D eigenvalue weighted by Crippen LogP contribution is -2.14. The van der Waals surface area contributed by atoms with Crippen LogP contribution in [0.15, 0.2) is 35.3 Å². The Morgan fingerprint density at radius 3 is 2.70 bits per heavy atom. The van der Waals surface area contributed by atoms with Crippen LogP contribution in [0.3, 0.4) is 0 Å². The Morgan fingerprint density at radius 2 is 2.17 bits per heavy atom. The van der Waals surface area contributed by atoms with Gasteiger partial charge in [0.2, 0.25) is 0 Å². The average Bonchev–Trinajstić information content (AvgIpc) is 2.95. The van der Waals surface area contributed by atoms with E-state index in [1.54, 1.807) is 5.57 Å². The molecular formula is C20H34OS2. The zero-order valence-electron chi connectivity index (χ0n) is 15.6. The molecule has 0 N–H and O–H groups in total. The highest BCUT2D eigenvalue weighted by Gasteiger charge is 2.17. The maximum atomic E-state index is 5.77. The minimum Gasteiger partial charge on any atom is -0.379 e. The van der Waals surface area contributed by atoms with Gasteiger partial charge in [-0.05, 0) is 55.3 Å². The van der Waals surface area contributed by atoms with E-state index in [2.05, 4.69) is 64.4 Å². The average molecular weight is 355 g/mol. The van der Waals surface area contributed by atoms with Crippen LogP contribution in [0, 0.1) is 5.41 Å². The Kier molecular flexibility index (Phi) is 9.72. The van der Waals surface area contributed by atoms with Crippen LogP contribution in [0.25, 0.3) is 0 Å². The molecule has 1 rings (SSSR count). The molecule has 0 aromatic carbocycles. The van der Waals surface area contributed by atoms with E-state index in [1.165, 1.54) is 29.9 Å². The van der Waals surface area contributed by atoms with Crippen molar-refractivity contribution >= 4 is 23.5 Å². The molecule has 0 spiro atoms. The van der Waals surface area contributed by atoms with Gasteiger partial charge < -0.3 is 4.74 Å². The van der Waals surface area contributed by atoms with E-state index >= 15 is 0 Å². The molecule has 3 heteroatoms. The maximum Gasteiger partial charge on any atom is 0.0518 e. The van der Waals surface area contributed by atoms with Gasteiger partial charge in [-0.3, -0.25) is 0 Å². The van der Waals surface area contributed by atoms with E-state index in [1.807, 2.05) is 17.8 Å². The summed E-state index contributed by atoms with van der Waals surface area (Å²) in [5, 5.41) is 2.87. The van der Waals surface area contributed by atoms with Crippen molar-refractivity contribution in [2.45, 2.75) is 65.2 Å². The zero-order valence-corrected chi connectivity index (χ0v) is 17.2. The number of ether oxygens (including phenoxy) is 1. The van der Waals surface area contributed by atoms with Gasteiger partial charge in [0.15, 0.2) is 0 Å². The van der Waals surface area contributed by atoms with Crippen LogP contribution in [-0.4, -0.2) is 29.5 Å². The van der Waals surface area contributed by atoms with E-state index in [0.29, 0.717) is 11.4 Å². The van der Waals surface area contributed by atoms with Gasteiger partial charge in [0.1, 0.15) is 0 Å². The summed E-state index contributed by atoms with van der Waals surface area (Å²) >= 11 is 4.02. The molecule has 0 aromatic rings. The second kappa shape index (κ2) is 10.7. The van der Waals surface area contributed by atoms with Crippen LogP contribution in [-0.2, 0) is 4.74 Å². The molecule has 0 amide bonds. The molecule has 0 aromatic heterocycles. The monoisotopic (exact) mass is 354 g/mol. The van der Waals surface area contributed by atoms with Crippen molar-refractivity contribution in [3.05, 3.63) is 35.3 Å². The number of hydrogen-bond acceptors (Lipinski definition) is 3. The fraction of sp³-hybridized carbons (Fsp3) is 0.700. The third-order valence-electron chi connectivity index (χ3n) is 3.85. The molecule has 0 bridgehead atoms. The summed E-state index contributed by atoms with van der Waals surface area (Å²) in [7, 11) is 0. The van der Waals surface area contributed by atoms with Crippen LogP contribution in [0.2, 0.25) is 0 Å². The molecule has 132 valence electrons. The standard InChI is InChI=1S/C20H34OS2/c1-7-18(20(4,5)6)14-19(8-11-21-16(2)3)23-13-10-17-9-12-22-15-17/h7,14-16,19H,1,8-13H2,2-6H3/b18-14+. The summed E-state index contributed by atoms with van der Waals surface area (Å²) in [5.74, 6) is 2.47. The molecule has 0 saturated carbocycles. The molecule has 1 atom stereocenters. The van der Waals surface area contributed by atoms with Gasteiger partial charge in [-0.25, -0.2) is 0 Å². The van der Waals surface area contributed by atoms with Gasteiger partial charge in [0.05, 0.1) is 6.10 Å². The van der Waals surface area contributed by atoms with Crippen molar-refractivity contribution < 1.29 is 4.74 Å². The normalized spacial score (nSPS) is 17.5. The molecule has 23 heavy (non-hydrogen) atoms. The first-order valence-electron chi connectivity index (χ1n) is 8.70. The molecule has 1 unspecified atom stereocenters. The Bertz CT molecular complexity index is 416. The minimum absolute atomic E-state index is 0.157. The van der Waals surface area contributed by atoms with E-state index in [-0.39, 0.29) is 5.41 Å². The van der Waals surface area contributed by atoms with Crippen molar-refractivity contribution in [1.29, 1.82) is 0 Å². The third-order valence-corrected chi connectivity index (χ3v) is 6.03. The first-order chi connectivity index (χ1) is 10.8. The van der Waals surface area contributed by atoms with Gasteiger partial charge in [0, 0.05) is 17.6 Å². The summed E-state index contributed by atoms with van der Waals surface area (Å²) in [4.78, 5) is 0. The Morgan fingerprint density at radius 1 is 1.43 bits per heavy atom. The molecule has 1 aliphatic heterocycles. The third kappa shape index (κ3) is 9.07. The summed E-state index contributed by atoms with van der Waals surface area (Å²) in [6.07, 6.45) is 8.33. The van der Waals surface area contributed by atoms with Crippen LogP contribution in [0.4, 0.5) is 0 Å². The Labute approximate surface area is 152 Å². The fourth-order valence-corrected chi connectivity index (χ4v) is 4.57. The minimum atomic E-state index is 0.157. The van der Waals surface area contributed by atoms with E-state index < -0.39 is 0 Å². The highest BCUT2D eigenvalue weighted by Crippen LogP contribution is 2.31. The summed E-state index contributed by atoms with van der Waals surface area (Å²) in [6.45, 7) is 15.8.